The molecular formula is C28H23BrF5N3O5. The van der Waals surface area contributed by atoms with E-state index in [0.29, 0.717) is 0 Å². The molecule has 14 heteroatoms. The van der Waals surface area contributed by atoms with Gasteiger partial charge in [-0.1, -0.05) is 48.6 Å². The van der Waals surface area contributed by atoms with Crippen molar-refractivity contribution in [1.29, 1.82) is 0 Å². The summed E-state index contributed by atoms with van der Waals surface area (Å²) in [6.07, 6.45) is -0.207. The molecule has 0 radical (unpaired) electrons. The second kappa shape index (κ2) is 13.9. The molecule has 2 amide bonds. The van der Waals surface area contributed by atoms with E-state index in [0.717, 1.165) is 42.0 Å². The van der Waals surface area contributed by atoms with Crippen molar-refractivity contribution in [1.82, 2.24) is 10.3 Å². The molecule has 1 aromatic heterocycles. The van der Waals surface area contributed by atoms with Crippen molar-refractivity contribution in [3.63, 3.8) is 0 Å². The Morgan fingerprint density at radius 1 is 1.17 bits per heavy atom. The Labute approximate surface area is 244 Å². The molecule has 3 aromatic rings. The van der Waals surface area contributed by atoms with E-state index in [9.17, 15) is 31.5 Å². The first kappa shape index (κ1) is 32.1. The van der Waals surface area contributed by atoms with Gasteiger partial charge in [0.1, 0.15) is 23.7 Å². The van der Waals surface area contributed by atoms with Crippen LogP contribution in [0.4, 0.5) is 26.7 Å². The van der Waals surface area contributed by atoms with Gasteiger partial charge in [0.15, 0.2) is 16.2 Å². The highest BCUT2D eigenvalue weighted by Gasteiger charge is 2.31. The van der Waals surface area contributed by atoms with Gasteiger partial charge in [-0.3, -0.25) is 4.79 Å². The van der Waals surface area contributed by atoms with Gasteiger partial charge in [-0.2, -0.15) is 13.2 Å². The molecule has 0 bridgehead atoms. The van der Waals surface area contributed by atoms with Crippen molar-refractivity contribution >= 4 is 27.9 Å². The quantitative estimate of drug-likeness (QED) is 0.169. The largest absolute Gasteiger partial charge is 0.474 e. The summed E-state index contributed by atoms with van der Waals surface area (Å²) in [5.74, 6) is -4.97. The Hall–Kier alpha value is -4.46. The van der Waals surface area contributed by atoms with Gasteiger partial charge in [0.2, 0.25) is 12.0 Å². The number of halogens is 6. The van der Waals surface area contributed by atoms with Crippen LogP contribution in [-0.4, -0.2) is 30.1 Å². The number of nitrogens with one attached hydrogen (secondary N) is 1. The first-order chi connectivity index (χ1) is 19.8. The Bertz CT molecular complexity index is 1520. The highest BCUT2D eigenvalue weighted by atomic mass is 79.9. The average Bonchev–Trinajstić information content (AvgIpc) is 3.31. The number of hydrogen-bond donors (Lipinski definition) is 2. The lowest BCUT2D eigenvalue weighted by molar-refractivity contribution is -0.137. The molecular weight excluding hydrogens is 633 g/mol. The van der Waals surface area contributed by atoms with Gasteiger partial charge in [0.25, 0.3) is 5.91 Å². The summed E-state index contributed by atoms with van der Waals surface area (Å²) >= 11 is 3.14. The van der Waals surface area contributed by atoms with E-state index >= 15 is 0 Å². The van der Waals surface area contributed by atoms with Gasteiger partial charge in [-0.15, -0.1) is 0 Å². The number of primary amides is 1. The molecule has 1 unspecified atom stereocenters. The van der Waals surface area contributed by atoms with Crippen molar-refractivity contribution in [2.75, 3.05) is 13.2 Å². The second-order valence-electron chi connectivity index (χ2n) is 8.54. The van der Waals surface area contributed by atoms with Crippen LogP contribution >= 0.6 is 15.9 Å². The summed E-state index contributed by atoms with van der Waals surface area (Å²) in [6.45, 7) is 4.79. The number of allylic oxidation sites excluding steroid dienone is 4. The Morgan fingerprint density at radius 2 is 1.86 bits per heavy atom. The maximum atomic E-state index is 14.9. The molecule has 0 aliphatic heterocycles. The highest BCUT2D eigenvalue weighted by Crippen LogP contribution is 2.36. The standard InChI is InChI=1S/C28H23BrF5N3O5/c1-3-4-5-6-15(2)13-36-27(39)40-14-20(41-19-12-11-18(30)21(22(19)31)25(35)38)26-37-23(24(29)42-26)16-7-9-17(10-8-16)28(32,33)34/h3-12,20H,1,13-14H2,2H3,(H2,35,38)(H,36,39)/b5-4-,15-6+. The van der Waals surface area contributed by atoms with Crippen molar-refractivity contribution in [2.24, 2.45) is 5.73 Å². The van der Waals surface area contributed by atoms with Gasteiger partial charge >= 0.3 is 12.3 Å². The van der Waals surface area contributed by atoms with Crippen molar-refractivity contribution in [3.8, 4) is 17.0 Å². The maximum Gasteiger partial charge on any atom is 0.416 e. The number of hydrogen-bond acceptors (Lipinski definition) is 6. The smallest absolute Gasteiger partial charge is 0.416 e. The lowest BCUT2D eigenvalue weighted by Gasteiger charge is -2.18. The first-order valence-electron chi connectivity index (χ1n) is 12.0. The predicted molar refractivity (Wildman–Crippen MR) is 145 cm³/mol. The number of alkyl halides is 3. The number of carbonyl (C=O) groups is 2. The number of rotatable bonds is 11. The number of oxazole rings is 1. The van der Waals surface area contributed by atoms with E-state index in [-0.39, 0.29) is 28.4 Å². The number of ether oxygens (including phenoxy) is 2. The number of nitrogens with two attached hydrogens (primary N) is 1. The Balaban J connectivity index is 1.89. The third-order valence-electron chi connectivity index (χ3n) is 5.44. The lowest BCUT2D eigenvalue weighted by atomic mass is 10.1. The zero-order chi connectivity index (χ0) is 31.0. The molecule has 0 spiro atoms. The number of nitrogens with zero attached hydrogens (tertiary/aromatic N) is 1. The number of amides is 2. The normalized spacial score (nSPS) is 12.7. The van der Waals surface area contributed by atoms with Crippen LogP contribution in [0, 0.1) is 11.6 Å². The van der Waals surface area contributed by atoms with Gasteiger partial charge in [0.05, 0.1) is 5.56 Å². The number of alkyl carbamates (subject to hydrolysis) is 1. The molecule has 3 N–H and O–H groups in total. The third kappa shape index (κ3) is 8.28. The van der Waals surface area contributed by atoms with E-state index in [1.54, 1.807) is 31.2 Å². The molecule has 2 aromatic carbocycles. The van der Waals surface area contributed by atoms with E-state index in [1.165, 1.54) is 0 Å². The fraction of sp³-hybridized carbons (Fsp3) is 0.179. The molecule has 0 aliphatic carbocycles. The summed E-state index contributed by atoms with van der Waals surface area (Å²) in [6, 6.07) is 5.64. The molecule has 1 heterocycles. The van der Waals surface area contributed by atoms with E-state index in [1.807, 2.05) is 0 Å². The fourth-order valence-corrected chi connectivity index (χ4v) is 3.86. The second-order valence-corrected chi connectivity index (χ2v) is 9.26. The van der Waals surface area contributed by atoms with Crippen LogP contribution in [0.25, 0.3) is 11.3 Å². The van der Waals surface area contributed by atoms with E-state index in [2.05, 4.69) is 32.8 Å². The van der Waals surface area contributed by atoms with Gasteiger partial charge in [-0.25, -0.2) is 18.6 Å². The van der Waals surface area contributed by atoms with Crippen molar-refractivity contribution < 1.29 is 45.4 Å². The molecule has 0 saturated carbocycles. The van der Waals surface area contributed by atoms with Crippen LogP contribution in [0.2, 0.25) is 0 Å². The van der Waals surface area contributed by atoms with Crippen LogP contribution in [0.3, 0.4) is 0 Å². The number of benzene rings is 2. The number of aromatic nitrogens is 1. The van der Waals surface area contributed by atoms with E-state index < -0.39 is 59.4 Å². The van der Waals surface area contributed by atoms with Crippen LogP contribution in [0.15, 0.2) is 81.9 Å². The van der Waals surface area contributed by atoms with Crippen LogP contribution in [0.1, 0.15) is 34.8 Å². The highest BCUT2D eigenvalue weighted by molar-refractivity contribution is 9.10. The fourth-order valence-electron chi connectivity index (χ4n) is 3.38. The van der Waals surface area contributed by atoms with Gasteiger partial charge in [-0.05, 0) is 47.1 Å². The maximum absolute atomic E-state index is 14.9. The SMILES string of the molecule is C=C/C=C\C=C(/C)CNC(=O)OCC(Oc1ccc(F)c(C(N)=O)c1F)c1nc(-c2ccc(C(F)(F)F)cc2)c(Br)o1. The average molecular weight is 656 g/mol. The summed E-state index contributed by atoms with van der Waals surface area (Å²) in [5, 5.41) is 2.50. The molecule has 3 rings (SSSR count). The zero-order valence-corrected chi connectivity index (χ0v) is 23.4. The van der Waals surface area contributed by atoms with Crippen molar-refractivity contribution in [2.45, 2.75) is 19.2 Å². The molecule has 222 valence electrons. The number of carbonyl (C=O) groups excluding carboxylic acids is 2. The van der Waals surface area contributed by atoms with Crippen molar-refractivity contribution in [3.05, 3.63) is 106 Å². The van der Waals surface area contributed by atoms with Gasteiger partial charge < -0.3 is 24.9 Å². The predicted octanol–water partition coefficient (Wildman–Crippen LogP) is 7.03. The lowest BCUT2D eigenvalue weighted by Crippen LogP contribution is -2.28. The van der Waals surface area contributed by atoms with Crippen LogP contribution in [-0.2, 0) is 10.9 Å². The van der Waals surface area contributed by atoms with Gasteiger partial charge in [0, 0.05) is 12.1 Å². The zero-order valence-electron chi connectivity index (χ0n) is 21.8. The molecule has 0 saturated heterocycles. The molecule has 0 aliphatic rings. The monoisotopic (exact) mass is 655 g/mol. The summed E-state index contributed by atoms with van der Waals surface area (Å²) in [7, 11) is 0. The Kier molecular flexibility index (Phi) is 10.6. The minimum absolute atomic E-state index is 0.0268. The summed E-state index contributed by atoms with van der Waals surface area (Å²) < 4.78 is 84.1. The minimum atomic E-state index is -4.55. The molecule has 1 atom stereocenters. The molecule has 8 nitrogen and oxygen atoms in total. The van der Waals surface area contributed by atoms with Crippen LogP contribution in [0.5, 0.6) is 5.75 Å². The first-order valence-corrected chi connectivity index (χ1v) is 12.7. The topological polar surface area (TPSA) is 117 Å². The molecule has 0 fully saturated rings. The summed E-state index contributed by atoms with van der Waals surface area (Å²) in [5.41, 5.74) is 4.18. The third-order valence-corrected chi connectivity index (χ3v) is 5.98. The minimum Gasteiger partial charge on any atom is -0.474 e. The van der Waals surface area contributed by atoms with Crippen LogP contribution < -0.4 is 15.8 Å². The summed E-state index contributed by atoms with van der Waals surface area (Å²) in [4.78, 5) is 28.1. The Morgan fingerprint density at radius 3 is 2.48 bits per heavy atom. The molecule has 42 heavy (non-hydrogen) atoms. The van der Waals surface area contributed by atoms with E-state index in [4.69, 9.17) is 19.6 Å².